The number of fused-ring (bicyclic) bond motifs is 2. The van der Waals surface area contributed by atoms with Gasteiger partial charge in [0.05, 0.1) is 36.9 Å². The molecule has 0 amide bonds. The average Bonchev–Trinajstić information content (AvgIpc) is 3.29. The van der Waals surface area contributed by atoms with Crippen molar-refractivity contribution in [3.8, 4) is 16.9 Å². The first-order valence-electron chi connectivity index (χ1n) is 12.1. The smallest absolute Gasteiger partial charge is 0.249 e. The van der Waals surface area contributed by atoms with Gasteiger partial charge < -0.3 is 19.5 Å². The standard InChI is InChI=1S/C26H29FN6O2/c1-31-7-3-26(4-8-31)5-9-32(10-6-26)17-14-28-25-20(15-29-33(25)16-17)18-12-24(34)30-22-13-21(27)23(35-2)11-19(18)22/h11-16H,3-10H2,1-2H3,(H,30,34). The number of benzene rings is 1. The fraction of sp³-hybridized carbons (Fsp3) is 0.423. The average molecular weight is 477 g/mol. The Labute approximate surface area is 202 Å². The maximum atomic E-state index is 14.3. The molecule has 2 aliphatic rings. The monoisotopic (exact) mass is 476 g/mol. The third-order valence-corrected chi connectivity index (χ3v) is 7.99. The Balaban J connectivity index is 1.32. The van der Waals surface area contributed by atoms with Crippen LogP contribution < -0.4 is 15.2 Å². The van der Waals surface area contributed by atoms with E-state index < -0.39 is 5.82 Å². The lowest BCUT2D eigenvalue weighted by Gasteiger charge is -2.46. The minimum atomic E-state index is -0.529. The number of nitrogens with zero attached hydrogens (tertiary/aromatic N) is 5. The molecule has 2 saturated heterocycles. The van der Waals surface area contributed by atoms with E-state index >= 15 is 0 Å². The number of aromatic amines is 1. The van der Waals surface area contributed by atoms with Gasteiger partial charge in [0.15, 0.2) is 17.2 Å². The molecule has 0 aliphatic carbocycles. The number of ether oxygens (including phenoxy) is 1. The summed E-state index contributed by atoms with van der Waals surface area (Å²) in [7, 11) is 3.63. The Hall–Kier alpha value is -3.46. The molecule has 9 heteroatoms. The molecule has 2 aliphatic heterocycles. The zero-order chi connectivity index (χ0) is 24.2. The van der Waals surface area contributed by atoms with Crippen LogP contribution in [0.4, 0.5) is 10.1 Å². The molecule has 182 valence electrons. The number of halogens is 1. The van der Waals surface area contributed by atoms with Crippen LogP contribution >= 0.6 is 0 Å². The van der Waals surface area contributed by atoms with Crippen LogP contribution in [0.25, 0.3) is 27.7 Å². The van der Waals surface area contributed by atoms with Crippen molar-refractivity contribution in [3.63, 3.8) is 0 Å². The summed E-state index contributed by atoms with van der Waals surface area (Å²) >= 11 is 0. The molecule has 1 aromatic carbocycles. The summed E-state index contributed by atoms with van der Waals surface area (Å²) in [6, 6.07) is 4.38. The van der Waals surface area contributed by atoms with Crippen LogP contribution in [0, 0.1) is 11.2 Å². The van der Waals surface area contributed by atoms with E-state index in [2.05, 4.69) is 26.9 Å². The van der Waals surface area contributed by atoms with E-state index in [1.54, 1.807) is 16.8 Å². The van der Waals surface area contributed by atoms with Gasteiger partial charge in [-0.15, -0.1) is 0 Å². The molecule has 1 spiro atoms. The summed E-state index contributed by atoms with van der Waals surface area (Å²) in [6.45, 7) is 4.43. The maximum absolute atomic E-state index is 14.3. The predicted octanol–water partition coefficient (Wildman–Crippen LogP) is 3.70. The number of pyridine rings is 1. The number of rotatable bonds is 3. The van der Waals surface area contributed by atoms with Crippen molar-refractivity contribution in [2.75, 3.05) is 45.2 Å². The van der Waals surface area contributed by atoms with E-state index in [4.69, 9.17) is 9.72 Å². The van der Waals surface area contributed by atoms with Crippen LogP contribution in [0.2, 0.25) is 0 Å². The fourth-order valence-corrected chi connectivity index (χ4v) is 5.69. The molecule has 0 radical (unpaired) electrons. The lowest BCUT2D eigenvalue weighted by molar-refractivity contribution is 0.0944. The molecule has 4 aromatic rings. The van der Waals surface area contributed by atoms with Gasteiger partial charge in [0, 0.05) is 41.7 Å². The highest BCUT2D eigenvalue weighted by Gasteiger charge is 2.37. The number of nitrogens with one attached hydrogen (secondary N) is 1. The van der Waals surface area contributed by atoms with Gasteiger partial charge in [-0.1, -0.05) is 0 Å². The van der Waals surface area contributed by atoms with Gasteiger partial charge in [0.1, 0.15) is 0 Å². The van der Waals surface area contributed by atoms with E-state index in [9.17, 15) is 9.18 Å². The van der Waals surface area contributed by atoms with Crippen molar-refractivity contribution >= 4 is 22.2 Å². The summed E-state index contributed by atoms with van der Waals surface area (Å²) in [4.78, 5) is 24.6. The molecule has 0 atom stereocenters. The second-order valence-electron chi connectivity index (χ2n) is 10.0. The van der Waals surface area contributed by atoms with Crippen LogP contribution in [-0.4, -0.2) is 64.8 Å². The van der Waals surface area contributed by atoms with E-state index in [1.807, 2.05) is 12.4 Å². The number of hydrogen-bond acceptors (Lipinski definition) is 6. The molecule has 3 aromatic heterocycles. The molecule has 1 N–H and O–H groups in total. The Morgan fingerprint density at radius 2 is 1.77 bits per heavy atom. The highest BCUT2D eigenvalue weighted by atomic mass is 19.1. The molecule has 8 nitrogen and oxygen atoms in total. The molecule has 35 heavy (non-hydrogen) atoms. The van der Waals surface area contributed by atoms with Crippen LogP contribution in [0.5, 0.6) is 5.75 Å². The van der Waals surface area contributed by atoms with E-state index in [0.29, 0.717) is 33.1 Å². The van der Waals surface area contributed by atoms with E-state index in [0.717, 1.165) is 18.8 Å². The predicted molar refractivity (Wildman–Crippen MR) is 134 cm³/mol. The van der Waals surface area contributed by atoms with Crippen LogP contribution in [0.15, 0.2) is 41.6 Å². The first-order chi connectivity index (χ1) is 16.9. The van der Waals surface area contributed by atoms with Gasteiger partial charge in [0.2, 0.25) is 5.56 Å². The Bertz CT molecular complexity index is 1460. The molecule has 0 saturated carbocycles. The quantitative estimate of drug-likeness (QED) is 0.486. The number of anilines is 1. The van der Waals surface area contributed by atoms with Crippen LogP contribution in [-0.2, 0) is 0 Å². The van der Waals surface area contributed by atoms with Gasteiger partial charge in [0.25, 0.3) is 0 Å². The van der Waals surface area contributed by atoms with Crippen molar-refractivity contribution in [1.82, 2.24) is 24.5 Å². The third kappa shape index (κ3) is 3.83. The largest absolute Gasteiger partial charge is 0.494 e. The Kier molecular flexibility index (Phi) is 5.25. The number of H-pyrrole nitrogens is 1. The van der Waals surface area contributed by atoms with Crippen molar-refractivity contribution < 1.29 is 9.13 Å². The van der Waals surface area contributed by atoms with E-state index in [1.165, 1.54) is 58.0 Å². The number of piperidine rings is 2. The van der Waals surface area contributed by atoms with Gasteiger partial charge in [-0.25, -0.2) is 13.9 Å². The summed E-state index contributed by atoms with van der Waals surface area (Å²) < 4.78 is 21.2. The zero-order valence-corrected chi connectivity index (χ0v) is 20.1. The summed E-state index contributed by atoms with van der Waals surface area (Å²) in [6.07, 6.45) is 10.6. The van der Waals surface area contributed by atoms with E-state index in [-0.39, 0.29) is 11.3 Å². The van der Waals surface area contributed by atoms with Crippen LogP contribution in [0.3, 0.4) is 0 Å². The van der Waals surface area contributed by atoms with Gasteiger partial charge in [-0.2, -0.15) is 5.10 Å². The SMILES string of the molecule is COc1cc2c(-c3cnn4cc(N5CCC6(CCN(C)CC6)CC5)cnc34)cc(=O)[nH]c2cc1F. The normalized spacial score (nSPS) is 18.5. The van der Waals surface area contributed by atoms with Crippen molar-refractivity contribution in [2.45, 2.75) is 25.7 Å². The summed E-state index contributed by atoms with van der Waals surface area (Å²) in [5.74, 6) is -0.413. The Morgan fingerprint density at radius 1 is 1.03 bits per heavy atom. The Morgan fingerprint density at radius 3 is 2.51 bits per heavy atom. The minimum absolute atomic E-state index is 0.116. The van der Waals surface area contributed by atoms with Crippen LogP contribution in [0.1, 0.15) is 25.7 Å². The number of likely N-dealkylation sites (tertiary alicyclic amines) is 1. The lowest BCUT2D eigenvalue weighted by atomic mass is 9.71. The first-order valence-corrected chi connectivity index (χ1v) is 12.1. The van der Waals surface area contributed by atoms with Gasteiger partial charge in [-0.3, -0.25) is 4.79 Å². The fourth-order valence-electron chi connectivity index (χ4n) is 5.69. The second-order valence-corrected chi connectivity index (χ2v) is 10.0. The molecule has 0 bridgehead atoms. The highest BCUT2D eigenvalue weighted by Crippen LogP contribution is 2.42. The number of aromatic nitrogens is 4. The van der Waals surface area contributed by atoms with Gasteiger partial charge in [-0.05, 0) is 57.3 Å². The second kappa shape index (κ2) is 8.34. The van der Waals surface area contributed by atoms with Gasteiger partial charge >= 0.3 is 0 Å². The third-order valence-electron chi connectivity index (χ3n) is 7.99. The topological polar surface area (TPSA) is 78.8 Å². The molecule has 0 unspecified atom stereocenters. The molecular weight excluding hydrogens is 447 g/mol. The molecule has 2 fully saturated rings. The number of methoxy groups -OCH3 is 1. The maximum Gasteiger partial charge on any atom is 0.249 e. The van der Waals surface area contributed by atoms with Crippen molar-refractivity contribution in [2.24, 2.45) is 5.41 Å². The molecule has 5 heterocycles. The zero-order valence-electron chi connectivity index (χ0n) is 20.1. The lowest BCUT2D eigenvalue weighted by Crippen LogP contribution is -2.46. The van der Waals surface area contributed by atoms with Crippen molar-refractivity contribution in [1.29, 1.82) is 0 Å². The summed E-state index contributed by atoms with van der Waals surface area (Å²) in [5.41, 5.74) is 3.62. The van der Waals surface area contributed by atoms with Crippen molar-refractivity contribution in [3.05, 3.63) is 53.0 Å². The highest BCUT2D eigenvalue weighted by molar-refractivity contribution is 5.98. The first kappa shape index (κ1) is 22.0. The summed E-state index contributed by atoms with van der Waals surface area (Å²) in [5, 5.41) is 5.21. The number of hydrogen-bond donors (Lipinski definition) is 1. The molecular formula is C26H29FN6O2. The minimum Gasteiger partial charge on any atom is -0.494 e. The molecule has 6 rings (SSSR count).